The molecular formula is C11H22N2O3. The Hall–Kier alpha value is -0.810. The largest absolute Gasteiger partial charge is 0.465 e. The predicted molar refractivity (Wildman–Crippen MR) is 60.9 cm³/mol. The molecule has 3 N–H and O–H groups in total. The van der Waals surface area contributed by atoms with E-state index >= 15 is 0 Å². The molecule has 1 rings (SSSR count). The fourth-order valence-corrected chi connectivity index (χ4v) is 2.22. The highest BCUT2D eigenvalue weighted by atomic mass is 16.6. The molecule has 1 amide bonds. The van der Waals surface area contributed by atoms with Gasteiger partial charge in [0, 0.05) is 12.1 Å². The molecule has 16 heavy (non-hydrogen) atoms. The van der Waals surface area contributed by atoms with Crippen LogP contribution in [-0.4, -0.2) is 34.3 Å². The minimum Gasteiger partial charge on any atom is -0.465 e. The van der Waals surface area contributed by atoms with Gasteiger partial charge in [0.15, 0.2) is 0 Å². The quantitative estimate of drug-likeness (QED) is 0.725. The number of hydrogen-bond donors (Lipinski definition) is 2. The minimum absolute atomic E-state index is 0.0978. The lowest BCUT2D eigenvalue weighted by Gasteiger charge is -2.35. The summed E-state index contributed by atoms with van der Waals surface area (Å²) < 4.78 is 0. The van der Waals surface area contributed by atoms with Crippen LogP contribution in [0.4, 0.5) is 4.79 Å². The molecule has 2 atom stereocenters. The van der Waals surface area contributed by atoms with Crippen LogP contribution in [0.25, 0.3) is 0 Å². The van der Waals surface area contributed by atoms with E-state index in [0.29, 0.717) is 12.5 Å². The first-order valence-electron chi connectivity index (χ1n) is 5.70. The van der Waals surface area contributed by atoms with E-state index in [1.807, 2.05) is 20.8 Å². The maximum absolute atomic E-state index is 11.2. The van der Waals surface area contributed by atoms with Gasteiger partial charge in [-0.25, -0.2) is 10.7 Å². The van der Waals surface area contributed by atoms with Gasteiger partial charge in [0.1, 0.15) is 0 Å². The summed E-state index contributed by atoms with van der Waals surface area (Å²) in [7, 11) is 0. The van der Waals surface area contributed by atoms with Gasteiger partial charge in [-0.3, -0.25) is 0 Å². The van der Waals surface area contributed by atoms with Crippen molar-refractivity contribution in [1.82, 2.24) is 4.90 Å². The van der Waals surface area contributed by atoms with Crippen LogP contribution >= 0.6 is 0 Å². The summed E-state index contributed by atoms with van der Waals surface area (Å²) in [5, 5.41) is 9.16. The van der Waals surface area contributed by atoms with Gasteiger partial charge in [0.05, 0.1) is 6.10 Å². The third kappa shape index (κ3) is 3.35. The topological polar surface area (TPSA) is 75.8 Å². The summed E-state index contributed by atoms with van der Waals surface area (Å²) in [5.41, 5.74) is -0.354. The first-order chi connectivity index (χ1) is 7.34. The Morgan fingerprint density at radius 2 is 2.12 bits per heavy atom. The lowest BCUT2D eigenvalue weighted by molar-refractivity contribution is 0.0505. The summed E-state index contributed by atoms with van der Waals surface area (Å²) in [5.74, 6) is 5.51. The standard InChI is InChI=1S/C11H22N2O3/c1-11(2,3)13(10(14)15)7-8-4-5-9(6-8)16-12/h8-9H,4-7,12H2,1-3H3,(H,14,15)/t8-,9-/m1/s1. The monoisotopic (exact) mass is 230 g/mol. The van der Waals surface area contributed by atoms with E-state index in [1.54, 1.807) is 0 Å². The van der Waals surface area contributed by atoms with Gasteiger partial charge in [-0.15, -0.1) is 0 Å². The van der Waals surface area contributed by atoms with Crippen LogP contribution in [0.15, 0.2) is 0 Å². The molecule has 0 spiro atoms. The van der Waals surface area contributed by atoms with Crippen molar-refractivity contribution in [1.29, 1.82) is 0 Å². The number of carbonyl (C=O) groups is 1. The van der Waals surface area contributed by atoms with Crippen LogP contribution in [0, 0.1) is 5.92 Å². The highest BCUT2D eigenvalue weighted by Crippen LogP contribution is 2.29. The van der Waals surface area contributed by atoms with Crippen LogP contribution in [-0.2, 0) is 4.84 Å². The molecule has 0 aliphatic heterocycles. The van der Waals surface area contributed by atoms with E-state index in [0.717, 1.165) is 19.3 Å². The molecule has 0 heterocycles. The lowest BCUT2D eigenvalue weighted by atomic mass is 10.0. The highest BCUT2D eigenvalue weighted by Gasteiger charge is 2.32. The molecule has 1 fully saturated rings. The van der Waals surface area contributed by atoms with Gasteiger partial charge in [0.25, 0.3) is 0 Å². The van der Waals surface area contributed by atoms with E-state index < -0.39 is 6.09 Å². The molecule has 0 unspecified atom stereocenters. The number of amides is 1. The molecule has 0 radical (unpaired) electrons. The molecule has 0 aromatic heterocycles. The SMILES string of the molecule is CC(C)(C)N(C[C@@H]1CC[C@@H](ON)C1)C(=O)O. The number of nitrogens with zero attached hydrogens (tertiary/aromatic N) is 1. The van der Waals surface area contributed by atoms with E-state index in [-0.39, 0.29) is 11.6 Å². The van der Waals surface area contributed by atoms with Crippen LogP contribution in [0.1, 0.15) is 40.0 Å². The maximum atomic E-state index is 11.2. The fourth-order valence-electron chi connectivity index (χ4n) is 2.22. The van der Waals surface area contributed by atoms with Crippen LogP contribution < -0.4 is 5.90 Å². The minimum atomic E-state index is -0.857. The van der Waals surface area contributed by atoms with Gasteiger partial charge < -0.3 is 14.8 Å². The third-order valence-electron chi connectivity index (χ3n) is 3.17. The molecule has 1 aliphatic rings. The first kappa shape index (κ1) is 13.3. The Morgan fingerprint density at radius 3 is 2.50 bits per heavy atom. The summed E-state index contributed by atoms with van der Waals surface area (Å²) >= 11 is 0. The zero-order valence-electron chi connectivity index (χ0n) is 10.3. The number of carboxylic acid groups (broad SMARTS) is 1. The van der Waals surface area contributed by atoms with Crippen molar-refractivity contribution in [2.75, 3.05) is 6.54 Å². The summed E-state index contributed by atoms with van der Waals surface area (Å²) in [6.07, 6.45) is 2.02. The Labute approximate surface area is 96.5 Å². The fraction of sp³-hybridized carbons (Fsp3) is 0.909. The zero-order valence-corrected chi connectivity index (χ0v) is 10.3. The number of rotatable bonds is 3. The Balaban J connectivity index is 2.54. The second-order valence-corrected chi connectivity index (χ2v) is 5.50. The summed E-state index contributed by atoms with van der Waals surface area (Å²) in [6, 6.07) is 0. The zero-order chi connectivity index (χ0) is 12.3. The van der Waals surface area contributed by atoms with Gasteiger partial charge in [0.2, 0.25) is 0 Å². The van der Waals surface area contributed by atoms with Gasteiger partial charge >= 0.3 is 6.09 Å². The van der Waals surface area contributed by atoms with Crippen molar-refractivity contribution in [2.24, 2.45) is 11.8 Å². The van der Waals surface area contributed by atoms with Crippen LogP contribution in [0.3, 0.4) is 0 Å². The molecule has 5 nitrogen and oxygen atoms in total. The molecule has 1 saturated carbocycles. The van der Waals surface area contributed by atoms with Crippen molar-refractivity contribution in [2.45, 2.75) is 51.7 Å². The summed E-state index contributed by atoms with van der Waals surface area (Å²) in [6.45, 7) is 6.30. The normalized spacial score (nSPS) is 25.8. The molecule has 5 heteroatoms. The average molecular weight is 230 g/mol. The third-order valence-corrected chi connectivity index (χ3v) is 3.17. The lowest BCUT2D eigenvalue weighted by Crippen LogP contribution is -2.47. The van der Waals surface area contributed by atoms with Crippen molar-refractivity contribution >= 4 is 6.09 Å². The summed E-state index contributed by atoms with van der Waals surface area (Å²) in [4.78, 5) is 17.5. The first-order valence-corrected chi connectivity index (χ1v) is 5.70. The molecule has 1 aliphatic carbocycles. The van der Waals surface area contributed by atoms with Crippen molar-refractivity contribution in [3.63, 3.8) is 0 Å². The van der Waals surface area contributed by atoms with Crippen LogP contribution in [0.2, 0.25) is 0 Å². The maximum Gasteiger partial charge on any atom is 0.407 e. The molecule has 94 valence electrons. The molecular weight excluding hydrogens is 208 g/mol. The predicted octanol–water partition coefficient (Wildman–Crippen LogP) is 1.82. The smallest absolute Gasteiger partial charge is 0.407 e. The average Bonchev–Trinajstić information content (AvgIpc) is 2.59. The van der Waals surface area contributed by atoms with Gasteiger partial charge in [-0.05, 0) is 46.0 Å². The van der Waals surface area contributed by atoms with E-state index in [1.165, 1.54) is 4.90 Å². The van der Waals surface area contributed by atoms with E-state index in [4.69, 9.17) is 15.8 Å². The van der Waals surface area contributed by atoms with Gasteiger partial charge in [-0.1, -0.05) is 0 Å². The molecule has 0 aromatic rings. The van der Waals surface area contributed by atoms with Crippen molar-refractivity contribution in [3.8, 4) is 0 Å². The number of nitrogens with two attached hydrogens (primary N) is 1. The molecule has 0 saturated heterocycles. The Kier molecular flexibility index (Phi) is 4.15. The van der Waals surface area contributed by atoms with E-state index in [2.05, 4.69) is 0 Å². The second-order valence-electron chi connectivity index (χ2n) is 5.50. The van der Waals surface area contributed by atoms with Crippen LogP contribution in [0.5, 0.6) is 0 Å². The Morgan fingerprint density at radius 1 is 1.50 bits per heavy atom. The number of hydrogen-bond acceptors (Lipinski definition) is 3. The van der Waals surface area contributed by atoms with Crippen molar-refractivity contribution < 1.29 is 14.7 Å². The second kappa shape index (κ2) is 5.01. The van der Waals surface area contributed by atoms with Crippen molar-refractivity contribution in [3.05, 3.63) is 0 Å². The van der Waals surface area contributed by atoms with E-state index in [9.17, 15) is 4.79 Å². The molecule has 0 bridgehead atoms. The Bertz CT molecular complexity index is 250. The highest BCUT2D eigenvalue weighted by molar-refractivity contribution is 5.66. The van der Waals surface area contributed by atoms with Gasteiger partial charge in [-0.2, -0.15) is 0 Å². The molecule has 0 aromatic carbocycles.